The molecule has 0 radical (unpaired) electrons. The number of hydrogen-bond acceptors (Lipinski definition) is 3. The van der Waals surface area contributed by atoms with E-state index in [4.69, 9.17) is 11.1 Å². The molecule has 1 unspecified atom stereocenters. The largest absolute Gasteiger partial charge is 0.384 e. The first-order valence-electron chi connectivity index (χ1n) is 12.0. The van der Waals surface area contributed by atoms with Gasteiger partial charge in [0.05, 0.1) is 6.04 Å². The summed E-state index contributed by atoms with van der Waals surface area (Å²) < 4.78 is 0. The number of nitrogens with two attached hydrogens (primary N) is 1. The number of benzene rings is 4. The average Bonchev–Trinajstić information content (AvgIpc) is 2.89. The molecule has 0 saturated heterocycles. The van der Waals surface area contributed by atoms with Gasteiger partial charge in [0.25, 0.3) is 0 Å². The van der Waals surface area contributed by atoms with Gasteiger partial charge < -0.3 is 16.4 Å². The van der Waals surface area contributed by atoms with Crippen LogP contribution in [0, 0.1) is 11.3 Å². The number of hydrogen-bond donors (Lipinski definition) is 4. The second kappa shape index (κ2) is 11.3. The highest BCUT2D eigenvalue weighted by Gasteiger charge is 2.28. The Balaban J connectivity index is 1.53. The van der Waals surface area contributed by atoms with Crippen molar-refractivity contribution < 1.29 is 9.59 Å². The van der Waals surface area contributed by atoms with Gasteiger partial charge in [0.2, 0.25) is 11.8 Å². The monoisotopic (exact) mass is 478 g/mol. The van der Waals surface area contributed by atoms with E-state index in [1.54, 1.807) is 24.3 Å². The van der Waals surface area contributed by atoms with Gasteiger partial charge in [-0.2, -0.15) is 0 Å². The van der Waals surface area contributed by atoms with Crippen molar-refractivity contribution in [2.75, 3.05) is 5.32 Å². The summed E-state index contributed by atoms with van der Waals surface area (Å²) in [6, 6.07) is 30.3. The minimum absolute atomic E-state index is 0.0459. The number of carbonyl (C=O) groups excluding carboxylic acids is 2. The third kappa shape index (κ3) is 5.96. The minimum Gasteiger partial charge on any atom is -0.384 e. The molecular formula is C30H30N4O2. The zero-order valence-electron chi connectivity index (χ0n) is 20.2. The molecular weight excluding hydrogens is 448 g/mol. The second-order valence-electron chi connectivity index (χ2n) is 8.86. The van der Waals surface area contributed by atoms with E-state index in [1.807, 2.05) is 79.7 Å². The summed E-state index contributed by atoms with van der Waals surface area (Å²) in [5.74, 6) is -1.61. The van der Waals surface area contributed by atoms with Gasteiger partial charge >= 0.3 is 0 Å². The first-order valence-corrected chi connectivity index (χ1v) is 12.0. The Hall–Kier alpha value is -4.45. The van der Waals surface area contributed by atoms with Crippen molar-refractivity contribution in [2.24, 2.45) is 11.7 Å². The van der Waals surface area contributed by atoms with Crippen LogP contribution in [0.5, 0.6) is 0 Å². The van der Waals surface area contributed by atoms with Crippen molar-refractivity contribution in [3.8, 4) is 0 Å². The molecule has 0 aliphatic carbocycles. The molecule has 2 amide bonds. The summed E-state index contributed by atoms with van der Waals surface area (Å²) in [5.41, 5.74) is 8.70. The van der Waals surface area contributed by atoms with Crippen LogP contribution in [0.2, 0.25) is 0 Å². The number of carbonyl (C=O) groups is 2. The molecule has 2 atom stereocenters. The van der Waals surface area contributed by atoms with Crippen LogP contribution in [-0.2, 0) is 16.0 Å². The Morgan fingerprint density at radius 2 is 1.50 bits per heavy atom. The molecule has 0 aliphatic rings. The molecule has 5 N–H and O–H groups in total. The van der Waals surface area contributed by atoms with E-state index in [0.717, 1.165) is 21.9 Å². The number of nitrogen functional groups attached to an aromatic ring is 1. The predicted octanol–water partition coefficient (Wildman–Crippen LogP) is 5.19. The van der Waals surface area contributed by atoms with E-state index >= 15 is 0 Å². The van der Waals surface area contributed by atoms with Crippen LogP contribution < -0.4 is 16.4 Å². The van der Waals surface area contributed by atoms with Crippen molar-refractivity contribution in [3.63, 3.8) is 0 Å². The third-order valence-corrected chi connectivity index (χ3v) is 6.31. The van der Waals surface area contributed by atoms with Gasteiger partial charge in [-0.1, -0.05) is 72.8 Å². The predicted molar refractivity (Wildman–Crippen MR) is 145 cm³/mol. The smallest absolute Gasteiger partial charge is 0.236 e. The first kappa shape index (κ1) is 24.7. The molecule has 6 heteroatoms. The number of nitrogens with one attached hydrogen (secondary N) is 3. The third-order valence-electron chi connectivity index (χ3n) is 6.31. The van der Waals surface area contributed by atoms with Gasteiger partial charge in [0, 0.05) is 11.3 Å². The zero-order valence-corrected chi connectivity index (χ0v) is 20.2. The summed E-state index contributed by atoms with van der Waals surface area (Å²) in [4.78, 5) is 26.7. The highest BCUT2D eigenvalue weighted by Crippen LogP contribution is 2.25. The molecule has 0 aliphatic heterocycles. The summed E-state index contributed by atoms with van der Waals surface area (Å²) in [6.45, 7) is 1.94. The van der Waals surface area contributed by atoms with Crippen LogP contribution in [0.25, 0.3) is 10.8 Å². The van der Waals surface area contributed by atoms with Gasteiger partial charge in [-0.25, -0.2) is 0 Å². The van der Waals surface area contributed by atoms with E-state index in [-0.39, 0.29) is 23.7 Å². The van der Waals surface area contributed by atoms with Crippen molar-refractivity contribution in [2.45, 2.75) is 25.8 Å². The normalized spacial score (nSPS) is 12.5. The van der Waals surface area contributed by atoms with E-state index in [0.29, 0.717) is 24.1 Å². The molecule has 0 bridgehead atoms. The maximum absolute atomic E-state index is 13.4. The molecule has 4 aromatic rings. The number of aryl methyl sites for hydroxylation is 1. The molecule has 0 aromatic heterocycles. The highest BCUT2D eigenvalue weighted by atomic mass is 16.2. The lowest BCUT2D eigenvalue weighted by atomic mass is 9.95. The minimum atomic E-state index is -0.880. The molecule has 182 valence electrons. The van der Waals surface area contributed by atoms with Crippen LogP contribution in [0.3, 0.4) is 0 Å². The van der Waals surface area contributed by atoms with Crippen LogP contribution in [0.1, 0.15) is 36.1 Å². The highest BCUT2D eigenvalue weighted by molar-refractivity contribution is 6.07. The molecule has 0 spiro atoms. The number of rotatable bonds is 9. The van der Waals surface area contributed by atoms with Crippen molar-refractivity contribution in [3.05, 3.63) is 114 Å². The van der Waals surface area contributed by atoms with Gasteiger partial charge in [-0.3, -0.25) is 15.0 Å². The van der Waals surface area contributed by atoms with E-state index in [9.17, 15) is 9.59 Å². The molecule has 0 saturated carbocycles. The van der Waals surface area contributed by atoms with Gasteiger partial charge in [-0.15, -0.1) is 0 Å². The molecule has 36 heavy (non-hydrogen) atoms. The van der Waals surface area contributed by atoms with E-state index in [2.05, 4.69) is 10.6 Å². The summed E-state index contributed by atoms with van der Waals surface area (Å²) in [5, 5.41) is 15.6. The topological polar surface area (TPSA) is 108 Å². The summed E-state index contributed by atoms with van der Waals surface area (Å²) >= 11 is 0. The SMILES string of the molecule is C[C@@H](NC(=O)C(CCc1ccccc1)C(=O)Nc1ccc(C(=N)N)cc1)c1cccc2ccccc12. The Morgan fingerprint density at radius 1 is 0.833 bits per heavy atom. The Kier molecular flexibility index (Phi) is 7.75. The first-order chi connectivity index (χ1) is 17.4. The van der Waals surface area contributed by atoms with Crippen LogP contribution in [0.4, 0.5) is 5.69 Å². The van der Waals surface area contributed by atoms with Gasteiger partial charge in [-0.05, 0) is 65.9 Å². The second-order valence-corrected chi connectivity index (χ2v) is 8.86. The number of fused-ring (bicyclic) bond motifs is 1. The fourth-order valence-corrected chi connectivity index (χ4v) is 4.32. The molecule has 4 rings (SSSR count). The van der Waals surface area contributed by atoms with E-state index in [1.165, 1.54) is 0 Å². The van der Waals surface area contributed by atoms with Crippen molar-refractivity contribution >= 4 is 34.1 Å². The fraction of sp³-hybridized carbons (Fsp3) is 0.167. The standard InChI is InChI=1S/C30H30N4O2/c1-20(25-13-7-11-22-10-5-6-12-26(22)25)33-29(35)27(19-14-21-8-3-2-4-9-21)30(36)34-24-17-15-23(16-18-24)28(31)32/h2-13,15-18,20,27H,14,19H2,1H3,(H3,31,32)(H,33,35)(H,34,36)/t20-,27?/m1/s1. The van der Waals surface area contributed by atoms with Crippen molar-refractivity contribution in [1.29, 1.82) is 5.41 Å². The average molecular weight is 479 g/mol. The lowest BCUT2D eigenvalue weighted by Crippen LogP contribution is -2.39. The Morgan fingerprint density at radius 3 is 2.22 bits per heavy atom. The van der Waals surface area contributed by atoms with Crippen LogP contribution in [-0.4, -0.2) is 17.6 Å². The molecule has 4 aromatic carbocycles. The van der Waals surface area contributed by atoms with Crippen LogP contribution >= 0.6 is 0 Å². The molecule has 6 nitrogen and oxygen atoms in total. The summed E-state index contributed by atoms with van der Waals surface area (Å²) in [7, 11) is 0. The Labute approximate surface area is 211 Å². The van der Waals surface area contributed by atoms with Gasteiger partial charge in [0.1, 0.15) is 11.8 Å². The Bertz CT molecular complexity index is 1360. The molecule has 0 fully saturated rings. The quantitative estimate of drug-likeness (QED) is 0.151. The summed E-state index contributed by atoms with van der Waals surface area (Å²) in [6.07, 6.45) is 0.966. The van der Waals surface area contributed by atoms with Crippen molar-refractivity contribution in [1.82, 2.24) is 5.32 Å². The zero-order chi connectivity index (χ0) is 25.5. The van der Waals surface area contributed by atoms with E-state index < -0.39 is 5.92 Å². The number of amidine groups is 1. The maximum atomic E-state index is 13.4. The fourth-order valence-electron chi connectivity index (χ4n) is 4.32. The van der Waals surface area contributed by atoms with Gasteiger partial charge in [0.15, 0.2) is 0 Å². The maximum Gasteiger partial charge on any atom is 0.236 e. The lowest BCUT2D eigenvalue weighted by molar-refractivity contribution is -0.133. The number of amides is 2. The van der Waals surface area contributed by atoms with Crippen LogP contribution in [0.15, 0.2) is 97.1 Å². The molecule has 0 heterocycles. The lowest BCUT2D eigenvalue weighted by Gasteiger charge is -2.21. The number of anilines is 1.